The molecule has 2 nitrogen and oxygen atoms in total. The summed E-state index contributed by atoms with van der Waals surface area (Å²) in [4.78, 5) is 7.53. The highest BCUT2D eigenvalue weighted by molar-refractivity contribution is 7.98. The van der Waals surface area contributed by atoms with Crippen LogP contribution in [0.25, 0.3) is 0 Å². The summed E-state index contributed by atoms with van der Waals surface area (Å²) in [6.07, 6.45) is 9.73. The summed E-state index contributed by atoms with van der Waals surface area (Å²) in [6.45, 7) is 2.23. The smallest absolute Gasteiger partial charge is 0.109 e. The third-order valence-electron chi connectivity index (χ3n) is 2.18. The molecule has 1 rings (SSSR count). The summed E-state index contributed by atoms with van der Waals surface area (Å²) < 4.78 is 0. The van der Waals surface area contributed by atoms with Gasteiger partial charge in [0, 0.05) is 24.1 Å². The van der Waals surface area contributed by atoms with Crippen LogP contribution in [0.3, 0.4) is 0 Å². The fourth-order valence-corrected chi connectivity index (χ4v) is 2.18. The van der Waals surface area contributed by atoms with E-state index in [1.807, 2.05) is 24.2 Å². The Morgan fingerprint density at radius 2 is 2.46 bits per heavy atom. The highest BCUT2D eigenvalue weighted by atomic mass is 32.2. The minimum absolute atomic E-state index is 0.616. The second-order valence-corrected chi connectivity index (χ2v) is 4.18. The van der Waals surface area contributed by atoms with E-state index in [1.165, 1.54) is 25.0 Å². The van der Waals surface area contributed by atoms with Crippen LogP contribution in [0.1, 0.15) is 37.9 Å². The monoisotopic (exact) mass is 198 g/mol. The van der Waals surface area contributed by atoms with E-state index in [0.29, 0.717) is 5.92 Å². The molecule has 1 heterocycles. The highest BCUT2D eigenvalue weighted by Crippen LogP contribution is 2.22. The van der Waals surface area contributed by atoms with Crippen molar-refractivity contribution in [2.75, 3.05) is 12.0 Å². The molecule has 0 aliphatic carbocycles. The number of nitrogens with zero attached hydrogens (tertiary/aromatic N) is 1. The molecule has 3 heteroatoms. The largest absolute Gasteiger partial charge is 0.348 e. The van der Waals surface area contributed by atoms with Crippen molar-refractivity contribution >= 4 is 11.8 Å². The van der Waals surface area contributed by atoms with Crippen molar-refractivity contribution in [2.45, 2.75) is 32.1 Å². The summed E-state index contributed by atoms with van der Waals surface area (Å²) in [6, 6.07) is 0. The first-order chi connectivity index (χ1) is 6.38. The van der Waals surface area contributed by atoms with Crippen molar-refractivity contribution in [2.24, 2.45) is 0 Å². The minimum atomic E-state index is 0.616. The summed E-state index contributed by atoms with van der Waals surface area (Å²) in [7, 11) is 0. The van der Waals surface area contributed by atoms with Gasteiger partial charge < -0.3 is 4.98 Å². The number of aromatic nitrogens is 2. The first-order valence-electron chi connectivity index (χ1n) is 4.86. The quantitative estimate of drug-likeness (QED) is 0.761. The lowest BCUT2D eigenvalue weighted by Crippen LogP contribution is -2.04. The van der Waals surface area contributed by atoms with Crippen LogP contribution < -0.4 is 0 Å². The number of rotatable bonds is 6. The SMILES string of the molecule is CCCCC(CSC)c1ncc[nH]1. The summed E-state index contributed by atoms with van der Waals surface area (Å²) in [5, 5.41) is 0. The average Bonchev–Trinajstić information content (AvgIpc) is 2.65. The van der Waals surface area contributed by atoms with E-state index in [4.69, 9.17) is 0 Å². The van der Waals surface area contributed by atoms with Gasteiger partial charge in [-0.2, -0.15) is 11.8 Å². The van der Waals surface area contributed by atoms with Crippen LogP contribution in [-0.2, 0) is 0 Å². The lowest BCUT2D eigenvalue weighted by atomic mass is 10.0. The van der Waals surface area contributed by atoms with Gasteiger partial charge >= 0.3 is 0 Å². The zero-order valence-electron chi connectivity index (χ0n) is 8.42. The van der Waals surface area contributed by atoms with Crippen LogP contribution in [0, 0.1) is 0 Å². The molecular weight excluding hydrogens is 180 g/mol. The number of hydrogen-bond acceptors (Lipinski definition) is 2. The molecule has 0 amide bonds. The molecule has 0 saturated carbocycles. The molecule has 0 bridgehead atoms. The Morgan fingerprint density at radius 3 is 3.00 bits per heavy atom. The van der Waals surface area contributed by atoms with Crippen molar-refractivity contribution in [3.8, 4) is 0 Å². The van der Waals surface area contributed by atoms with E-state index in [-0.39, 0.29) is 0 Å². The molecule has 1 N–H and O–H groups in total. The van der Waals surface area contributed by atoms with Gasteiger partial charge in [-0.3, -0.25) is 0 Å². The first kappa shape index (κ1) is 10.6. The number of hydrogen-bond donors (Lipinski definition) is 1. The standard InChI is InChI=1S/C10H18N2S/c1-3-4-5-9(8-13-2)10-11-6-7-12-10/h6-7,9H,3-5,8H2,1-2H3,(H,11,12). The molecule has 74 valence electrons. The van der Waals surface area contributed by atoms with E-state index in [9.17, 15) is 0 Å². The number of H-pyrrole nitrogens is 1. The average molecular weight is 198 g/mol. The Labute approximate surface area is 84.5 Å². The van der Waals surface area contributed by atoms with Crippen LogP contribution in [0.4, 0.5) is 0 Å². The van der Waals surface area contributed by atoms with Crippen molar-refractivity contribution in [3.63, 3.8) is 0 Å². The van der Waals surface area contributed by atoms with Gasteiger partial charge in [0.05, 0.1) is 0 Å². The Bertz CT molecular complexity index is 209. The molecule has 0 radical (unpaired) electrons. The van der Waals surface area contributed by atoms with Crippen LogP contribution in [0.5, 0.6) is 0 Å². The van der Waals surface area contributed by atoms with Crippen molar-refractivity contribution in [1.29, 1.82) is 0 Å². The fraction of sp³-hybridized carbons (Fsp3) is 0.700. The van der Waals surface area contributed by atoms with Crippen molar-refractivity contribution in [3.05, 3.63) is 18.2 Å². The molecule has 0 fully saturated rings. The van der Waals surface area contributed by atoms with E-state index in [0.717, 1.165) is 5.82 Å². The van der Waals surface area contributed by atoms with Gasteiger partial charge in [-0.25, -0.2) is 4.98 Å². The Hall–Kier alpha value is -0.440. The number of imidazole rings is 1. The topological polar surface area (TPSA) is 28.7 Å². The molecule has 0 aliphatic heterocycles. The maximum absolute atomic E-state index is 4.32. The second-order valence-electron chi connectivity index (χ2n) is 3.27. The molecule has 1 unspecified atom stereocenters. The summed E-state index contributed by atoms with van der Waals surface area (Å²) in [5.41, 5.74) is 0. The molecular formula is C10H18N2S. The normalized spacial score (nSPS) is 13.1. The molecule has 0 aliphatic rings. The third-order valence-corrected chi connectivity index (χ3v) is 2.92. The van der Waals surface area contributed by atoms with Crippen LogP contribution in [0.15, 0.2) is 12.4 Å². The van der Waals surface area contributed by atoms with E-state index >= 15 is 0 Å². The minimum Gasteiger partial charge on any atom is -0.348 e. The van der Waals surface area contributed by atoms with Gasteiger partial charge in [0.1, 0.15) is 5.82 Å². The lowest BCUT2D eigenvalue weighted by Gasteiger charge is -2.11. The predicted octanol–water partition coefficient (Wildman–Crippen LogP) is 3.05. The van der Waals surface area contributed by atoms with E-state index < -0.39 is 0 Å². The molecule has 0 aromatic carbocycles. The molecule has 1 aromatic rings. The van der Waals surface area contributed by atoms with Gasteiger partial charge in [0.25, 0.3) is 0 Å². The predicted molar refractivity (Wildman–Crippen MR) is 59.2 cm³/mol. The summed E-state index contributed by atoms with van der Waals surface area (Å²) in [5.74, 6) is 2.95. The van der Waals surface area contributed by atoms with Gasteiger partial charge in [-0.05, 0) is 12.7 Å². The van der Waals surface area contributed by atoms with Gasteiger partial charge in [-0.15, -0.1) is 0 Å². The fourth-order valence-electron chi connectivity index (χ4n) is 1.45. The zero-order chi connectivity index (χ0) is 9.52. The summed E-state index contributed by atoms with van der Waals surface area (Å²) >= 11 is 1.90. The van der Waals surface area contributed by atoms with Crippen LogP contribution in [-0.4, -0.2) is 22.0 Å². The number of aromatic amines is 1. The molecule has 0 spiro atoms. The Balaban J connectivity index is 2.47. The van der Waals surface area contributed by atoms with Gasteiger partial charge in [0.2, 0.25) is 0 Å². The number of unbranched alkanes of at least 4 members (excludes halogenated alkanes) is 1. The maximum Gasteiger partial charge on any atom is 0.109 e. The maximum atomic E-state index is 4.32. The Kier molecular flexibility index (Phi) is 4.98. The van der Waals surface area contributed by atoms with Crippen LogP contribution in [0.2, 0.25) is 0 Å². The second kappa shape index (κ2) is 6.08. The van der Waals surface area contributed by atoms with Gasteiger partial charge in [-0.1, -0.05) is 19.8 Å². The Morgan fingerprint density at radius 1 is 1.62 bits per heavy atom. The lowest BCUT2D eigenvalue weighted by molar-refractivity contribution is 0.608. The van der Waals surface area contributed by atoms with Gasteiger partial charge in [0.15, 0.2) is 0 Å². The molecule has 13 heavy (non-hydrogen) atoms. The molecule has 0 saturated heterocycles. The van der Waals surface area contributed by atoms with E-state index in [2.05, 4.69) is 23.1 Å². The van der Waals surface area contributed by atoms with E-state index in [1.54, 1.807) is 0 Å². The molecule has 1 aromatic heterocycles. The van der Waals surface area contributed by atoms with Crippen LogP contribution >= 0.6 is 11.8 Å². The van der Waals surface area contributed by atoms with Crippen molar-refractivity contribution < 1.29 is 0 Å². The highest BCUT2D eigenvalue weighted by Gasteiger charge is 2.11. The first-order valence-corrected chi connectivity index (χ1v) is 6.26. The number of thioether (sulfide) groups is 1. The zero-order valence-corrected chi connectivity index (χ0v) is 9.23. The molecule has 1 atom stereocenters. The van der Waals surface area contributed by atoms with Crippen molar-refractivity contribution in [1.82, 2.24) is 9.97 Å². The number of nitrogens with one attached hydrogen (secondary N) is 1. The third kappa shape index (κ3) is 3.43.